The lowest BCUT2D eigenvalue weighted by atomic mass is 9.71. The standard InChI is InChI=1S/C37H43ClF2N8O2/c1-3-29(43-16-14-22-7-4-8-22)23-12-13-30(44-17-23)48-21-37(2,26-9-5-10-27(38)32(26)39)31-25(35(48)49)18-45-34(33(31)40)46-24-19-47(20-24)36(50)28(42)11-6-15-41/h5-6,9-13,15,17-18,22,24,29,43H,3-4,7-8,14,16,19-21,41-42H2,1-2H3,(H,45,46)/b15-6-,28-11-/t29?,37-/m1/s1. The number of nitrogens with one attached hydrogen (secondary N) is 2. The topological polar surface area (TPSA) is 142 Å². The van der Waals surface area contributed by atoms with Crippen LogP contribution < -0.4 is 27.0 Å². The van der Waals surface area contributed by atoms with Crippen molar-refractivity contribution in [1.29, 1.82) is 0 Å². The predicted molar refractivity (Wildman–Crippen MR) is 191 cm³/mol. The van der Waals surface area contributed by atoms with E-state index in [0.29, 0.717) is 5.82 Å². The Labute approximate surface area is 296 Å². The van der Waals surface area contributed by atoms with Crippen LogP contribution in [-0.2, 0) is 10.2 Å². The Kier molecular flexibility index (Phi) is 10.4. The van der Waals surface area contributed by atoms with Gasteiger partial charge in [-0.05, 0) is 68.3 Å². The third kappa shape index (κ3) is 6.78. The summed E-state index contributed by atoms with van der Waals surface area (Å²) in [6.45, 7) is 5.14. The smallest absolute Gasteiger partial charge is 0.269 e. The van der Waals surface area contributed by atoms with E-state index in [1.54, 1.807) is 31.3 Å². The molecule has 3 aromatic rings. The number of rotatable bonds is 12. The highest BCUT2D eigenvalue weighted by molar-refractivity contribution is 6.30. The molecule has 1 aliphatic carbocycles. The van der Waals surface area contributed by atoms with Crippen molar-refractivity contribution in [2.45, 2.75) is 63.5 Å². The number of pyridine rings is 2. The van der Waals surface area contributed by atoms with Gasteiger partial charge in [-0.25, -0.2) is 18.7 Å². The van der Waals surface area contributed by atoms with E-state index in [9.17, 15) is 9.59 Å². The molecule has 2 amide bonds. The maximum absolute atomic E-state index is 16.7. The van der Waals surface area contributed by atoms with Crippen molar-refractivity contribution in [3.8, 4) is 0 Å². The van der Waals surface area contributed by atoms with Crippen molar-refractivity contribution in [3.05, 3.63) is 106 Å². The molecule has 0 bridgehead atoms. The van der Waals surface area contributed by atoms with Crippen LogP contribution in [0.2, 0.25) is 5.02 Å². The van der Waals surface area contributed by atoms with Gasteiger partial charge in [-0.3, -0.25) is 14.5 Å². The van der Waals surface area contributed by atoms with Crippen LogP contribution in [0.1, 0.15) is 79.0 Å². The zero-order chi connectivity index (χ0) is 35.6. The molecular weight excluding hydrogens is 662 g/mol. The van der Waals surface area contributed by atoms with Crippen LogP contribution in [0.5, 0.6) is 0 Å². The van der Waals surface area contributed by atoms with Gasteiger partial charge in [-0.2, -0.15) is 0 Å². The maximum Gasteiger partial charge on any atom is 0.269 e. The van der Waals surface area contributed by atoms with Crippen LogP contribution in [0.3, 0.4) is 0 Å². The number of aromatic nitrogens is 2. The molecule has 10 nitrogen and oxygen atoms in total. The summed E-state index contributed by atoms with van der Waals surface area (Å²) in [5, 5.41) is 6.57. The van der Waals surface area contributed by atoms with Gasteiger partial charge in [0.2, 0.25) is 0 Å². The fourth-order valence-corrected chi connectivity index (χ4v) is 7.26. The molecule has 0 radical (unpaired) electrons. The van der Waals surface area contributed by atoms with Crippen molar-refractivity contribution in [3.63, 3.8) is 0 Å². The number of nitrogens with two attached hydrogens (primary N) is 2. The average Bonchev–Trinajstić information content (AvgIpc) is 3.07. The SMILES string of the molecule is CCC(NCCC1CCC1)c1ccc(N2C[C@](C)(c3cccc(Cl)c3F)c3c(cnc(NC4CN(C(=O)/C(N)=C/C=C\N)C4)c3F)C2=O)nc1. The van der Waals surface area contributed by atoms with E-state index < -0.39 is 23.0 Å². The van der Waals surface area contributed by atoms with Crippen LogP contribution in [0.15, 0.2) is 66.8 Å². The lowest BCUT2D eigenvalue weighted by Gasteiger charge is -2.43. The van der Waals surface area contributed by atoms with Gasteiger partial charge in [-0.1, -0.05) is 56.0 Å². The molecule has 13 heteroatoms. The van der Waals surface area contributed by atoms with Crippen molar-refractivity contribution in [1.82, 2.24) is 20.2 Å². The molecule has 6 N–H and O–H groups in total. The van der Waals surface area contributed by atoms with Crippen LogP contribution in [-0.4, -0.2) is 58.9 Å². The van der Waals surface area contributed by atoms with Gasteiger partial charge in [-0.15, -0.1) is 0 Å². The second kappa shape index (κ2) is 14.7. The highest BCUT2D eigenvalue weighted by Gasteiger charge is 2.47. The predicted octanol–water partition coefficient (Wildman–Crippen LogP) is 5.54. The summed E-state index contributed by atoms with van der Waals surface area (Å²) in [6.07, 6.45) is 13.2. The second-order valence-corrected chi connectivity index (χ2v) is 14.0. The summed E-state index contributed by atoms with van der Waals surface area (Å²) in [5.74, 6) is -1.29. The molecule has 4 heterocycles. The van der Waals surface area contributed by atoms with Gasteiger partial charge in [0.05, 0.1) is 22.3 Å². The number of likely N-dealkylation sites (tertiary alicyclic amines) is 1. The molecule has 2 atom stereocenters. The molecule has 1 aromatic carbocycles. The Morgan fingerprint density at radius 3 is 2.60 bits per heavy atom. The first-order valence-electron chi connectivity index (χ1n) is 17.1. The molecule has 50 heavy (non-hydrogen) atoms. The number of anilines is 2. The molecule has 6 rings (SSSR count). The molecule has 1 saturated carbocycles. The van der Waals surface area contributed by atoms with Crippen LogP contribution in [0, 0.1) is 17.6 Å². The van der Waals surface area contributed by atoms with Crippen LogP contribution >= 0.6 is 11.6 Å². The monoisotopic (exact) mass is 704 g/mol. The normalized spacial score (nSPS) is 20.4. The molecule has 2 aliphatic heterocycles. The minimum absolute atomic E-state index is 0.00347. The van der Waals surface area contributed by atoms with Crippen molar-refractivity contribution in [2.75, 3.05) is 36.4 Å². The highest BCUT2D eigenvalue weighted by atomic mass is 35.5. The summed E-state index contributed by atoms with van der Waals surface area (Å²) < 4.78 is 32.5. The molecule has 264 valence electrons. The minimum Gasteiger partial charge on any atom is -0.405 e. The Hall–Kier alpha value is -4.55. The maximum atomic E-state index is 16.7. The number of allylic oxidation sites excluding steroid dienone is 2. The summed E-state index contributed by atoms with van der Waals surface area (Å²) in [5.41, 5.74) is 10.9. The average molecular weight is 705 g/mol. The van der Waals surface area contributed by atoms with E-state index in [0.717, 1.165) is 30.9 Å². The molecular formula is C37H43ClF2N8O2. The number of amides is 2. The third-order valence-corrected chi connectivity index (χ3v) is 10.5. The summed E-state index contributed by atoms with van der Waals surface area (Å²) in [7, 11) is 0. The number of hydrogen-bond donors (Lipinski definition) is 4. The van der Waals surface area contributed by atoms with Gasteiger partial charge >= 0.3 is 0 Å². The number of nitrogens with zero attached hydrogens (tertiary/aromatic N) is 4. The Bertz CT molecular complexity index is 1810. The summed E-state index contributed by atoms with van der Waals surface area (Å²) >= 11 is 6.24. The van der Waals surface area contributed by atoms with Crippen LogP contribution in [0.4, 0.5) is 20.4 Å². The molecule has 2 fully saturated rings. The number of hydrogen-bond acceptors (Lipinski definition) is 8. The van der Waals surface area contributed by atoms with Gasteiger partial charge in [0.1, 0.15) is 11.6 Å². The number of halogens is 3. The first kappa shape index (κ1) is 35.3. The highest BCUT2D eigenvalue weighted by Crippen LogP contribution is 2.45. The number of benzene rings is 1. The fourth-order valence-electron chi connectivity index (χ4n) is 7.08. The van der Waals surface area contributed by atoms with E-state index in [4.69, 9.17) is 23.1 Å². The molecule has 2 aromatic heterocycles. The number of carbonyl (C=O) groups is 2. The van der Waals surface area contributed by atoms with Crippen LogP contribution in [0.25, 0.3) is 0 Å². The molecule has 1 unspecified atom stereocenters. The zero-order valence-corrected chi connectivity index (χ0v) is 29.0. The first-order chi connectivity index (χ1) is 24.0. The van der Waals surface area contributed by atoms with E-state index in [1.165, 1.54) is 59.7 Å². The van der Waals surface area contributed by atoms with E-state index in [1.807, 2.05) is 6.07 Å². The van der Waals surface area contributed by atoms with E-state index in [-0.39, 0.29) is 70.9 Å². The Morgan fingerprint density at radius 2 is 1.94 bits per heavy atom. The summed E-state index contributed by atoms with van der Waals surface area (Å²) in [4.78, 5) is 38.5. The number of fused-ring (bicyclic) bond motifs is 1. The molecule has 3 aliphatic rings. The lowest BCUT2D eigenvalue weighted by molar-refractivity contribution is -0.131. The number of carbonyl (C=O) groups excluding carboxylic acids is 2. The first-order valence-corrected chi connectivity index (χ1v) is 17.5. The second-order valence-electron chi connectivity index (χ2n) is 13.5. The fraction of sp³-hybridized carbons (Fsp3) is 0.405. The quantitative estimate of drug-likeness (QED) is 0.142. The van der Waals surface area contributed by atoms with Gasteiger partial charge < -0.3 is 27.0 Å². The van der Waals surface area contributed by atoms with Crippen molar-refractivity contribution >= 4 is 35.1 Å². The summed E-state index contributed by atoms with van der Waals surface area (Å²) in [6, 6.07) is 8.09. The molecule has 0 spiro atoms. The molecule has 1 saturated heterocycles. The van der Waals surface area contributed by atoms with Gasteiger partial charge in [0, 0.05) is 54.6 Å². The van der Waals surface area contributed by atoms with Gasteiger partial charge in [0.15, 0.2) is 11.6 Å². The lowest BCUT2D eigenvalue weighted by Crippen LogP contribution is -2.58. The van der Waals surface area contributed by atoms with Crippen molar-refractivity contribution in [2.24, 2.45) is 17.4 Å². The van der Waals surface area contributed by atoms with Crippen molar-refractivity contribution < 1.29 is 18.4 Å². The largest absolute Gasteiger partial charge is 0.405 e. The third-order valence-electron chi connectivity index (χ3n) is 10.2. The minimum atomic E-state index is -1.38. The van der Waals surface area contributed by atoms with E-state index >= 15 is 8.78 Å². The zero-order valence-electron chi connectivity index (χ0n) is 28.3. The van der Waals surface area contributed by atoms with E-state index in [2.05, 4.69) is 27.5 Å². The van der Waals surface area contributed by atoms with Gasteiger partial charge in [0.25, 0.3) is 11.8 Å². The Morgan fingerprint density at radius 1 is 1.16 bits per heavy atom. The Balaban J connectivity index is 1.28.